The highest BCUT2D eigenvalue weighted by molar-refractivity contribution is 7.21. The fraction of sp³-hybridized carbons (Fsp3) is 0.458. The minimum atomic E-state index is 0.0565. The van der Waals surface area contributed by atoms with E-state index in [9.17, 15) is 4.79 Å². The van der Waals surface area contributed by atoms with Crippen LogP contribution in [0.2, 0.25) is 0 Å². The third kappa shape index (κ3) is 4.11. The number of hydrogen-bond donors (Lipinski definition) is 0. The number of piperidine rings is 1. The second-order valence-electron chi connectivity index (χ2n) is 8.71. The first-order chi connectivity index (χ1) is 15.1. The molecule has 0 unspecified atom stereocenters. The summed E-state index contributed by atoms with van der Waals surface area (Å²) in [5.41, 5.74) is 4.84. The van der Waals surface area contributed by atoms with Gasteiger partial charge in [-0.25, -0.2) is 9.97 Å². The molecular formula is C24H29N5OS. The maximum Gasteiger partial charge on any atom is 0.227 e. The number of fused-ring (bicyclic) bond motifs is 1. The zero-order valence-corrected chi connectivity index (χ0v) is 19.1. The lowest BCUT2D eigenvalue weighted by atomic mass is 9.96. The van der Waals surface area contributed by atoms with Crippen LogP contribution in [-0.4, -0.2) is 60.0 Å². The van der Waals surface area contributed by atoms with Crippen LogP contribution in [0.15, 0.2) is 36.5 Å². The van der Waals surface area contributed by atoms with Crippen LogP contribution in [0.25, 0.3) is 10.3 Å². The van der Waals surface area contributed by atoms with E-state index in [-0.39, 0.29) is 5.92 Å². The summed E-state index contributed by atoms with van der Waals surface area (Å²) in [5, 5.41) is 0.992. The average molecular weight is 436 g/mol. The molecule has 0 bridgehead atoms. The first-order valence-corrected chi connectivity index (χ1v) is 12.0. The van der Waals surface area contributed by atoms with Gasteiger partial charge in [-0.05, 0) is 56.0 Å². The molecule has 0 N–H and O–H groups in total. The van der Waals surface area contributed by atoms with Gasteiger partial charge in [0, 0.05) is 51.2 Å². The summed E-state index contributed by atoms with van der Waals surface area (Å²) in [4.78, 5) is 30.2. The second-order valence-corrected chi connectivity index (χ2v) is 9.67. The summed E-state index contributed by atoms with van der Waals surface area (Å²) in [6, 6.07) is 10.5. The van der Waals surface area contributed by atoms with E-state index in [0.29, 0.717) is 5.91 Å². The molecule has 162 valence electrons. The summed E-state index contributed by atoms with van der Waals surface area (Å²) >= 11 is 1.63. The molecule has 2 fully saturated rings. The number of pyridine rings is 1. The van der Waals surface area contributed by atoms with Gasteiger partial charge in [-0.2, -0.15) is 0 Å². The van der Waals surface area contributed by atoms with Crippen molar-refractivity contribution >= 4 is 38.4 Å². The van der Waals surface area contributed by atoms with E-state index in [0.717, 1.165) is 67.6 Å². The lowest BCUT2D eigenvalue weighted by molar-refractivity contribution is -0.136. The van der Waals surface area contributed by atoms with Crippen LogP contribution in [0.5, 0.6) is 0 Å². The van der Waals surface area contributed by atoms with Crippen molar-refractivity contribution in [2.75, 3.05) is 49.1 Å². The molecule has 1 aromatic carbocycles. The van der Waals surface area contributed by atoms with Gasteiger partial charge in [0.25, 0.3) is 0 Å². The number of amides is 1. The van der Waals surface area contributed by atoms with Gasteiger partial charge in [0.2, 0.25) is 5.91 Å². The summed E-state index contributed by atoms with van der Waals surface area (Å²) in [6.07, 6.45) is 3.81. The Bertz CT molecular complexity index is 1060. The Labute approximate surface area is 187 Å². The fourth-order valence-corrected chi connectivity index (χ4v) is 5.68. The molecule has 0 radical (unpaired) electrons. The van der Waals surface area contributed by atoms with Crippen molar-refractivity contribution in [3.8, 4) is 0 Å². The molecule has 2 aliphatic heterocycles. The lowest BCUT2D eigenvalue weighted by Gasteiger charge is -2.40. The Morgan fingerprint density at radius 1 is 1.06 bits per heavy atom. The van der Waals surface area contributed by atoms with Crippen LogP contribution in [0.1, 0.15) is 24.0 Å². The second kappa shape index (κ2) is 8.46. The lowest BCUT2D eigenvalue weighted by Crippen LogP contribution is -2.52. The molecule has 3 aromatic rings. The van der Waals surface area contributed by atoms with Crippen LogP contribution in [-0.2, 0) is 4.79 Å². The third-order valence-corrected chi connectivity index (χ3v) is 7.53. The topological polar surface area (TPSA) is 52.6 Å². The van der Waals surface area contributed by atoms with Crippen molar-refractivity contribution in [3.05, 3.63) is 47.7 Å². The minimum Gasteiger partial charge on any atom is -0.368 e. The molecule has 1 atom stereocenters. The minimum absolute atomic E-state index is 0.0565. The molecule has 31 heavy (non-hydrogen) atoms. The van der Waals surface area contributed by atoms with Gasteiger partial charge in [-0.1, -0.05) is 23.5 Å². The smallest absolute Gasteiger partial charge is 0.227 e. The molecule has 6 nitrogen and oxygen atoms in total. The first kappa shape index (κ1) is 20.2. The van der Waals surface area contributed by atoms with Gasteiger partial charge in [0.1, 0.15) is 10.3 Å². The quantitative estimate of drug-likeness (QED) is 0.625. The Morgan fingerprint density at radius 2 is 1.90 bits per heavy atom. The van der Waals surface area contributed by atoms with Crippen LogP contribution < -0.4 is 9.80 Å². The van der Waals surface area contributed by atoms with Crippen molar-refractivity contribution in [1.82, 2.24) is 14.9 Å². The summed E-state index contributed by atoms with van der Waals surface area (Å²) < 4.78 is 0. The van der Waals surface area contributed by atoms with E-state index in [4.69, 9.17) is 4.98 Å². The van der Waals surface area contributed by atoms with E-state index < -0.39 is 0 Å². The number of hydrogen-bond acceptors (Lipinski definition) is 6. The number of rotatable bonds is 3. The van der Waals surface area contributed by atoms with Crippen LogP contribution in [0, 0.1) is 19.8 Å². The number of nitrogens with zero attached hydrogens (tertiary/aromatic N) is 5. The Hall–Kier alpha value is -2.67. The largest absolute Gasteiger partial charge is 0.368 e. The Balaban J connectivity index is 1.23. The highest BCUT2D eigenvalue weighted by Gasteiger charge is 2.32. The molecule has 5 rings (SSSR count). The molecule has 2 saturated heterocycles. The number of carbonyl (C=O) groups is 1. The fourth-order valence-electron chi connectivity index (χ4n) is 4.73. The number of anilines is 2. The maximum atomic E-state index is 13.3. The standard InChI is InChI=1S/C24H29N5OS/c1-17-7-8-18(2)21(15-17)27-11-13-28(14-12-27)23(30)19-5-4-10-29(16-19)24-26-20-6-3-9-25-22(20)31-24/h3,6-9,15,19H,4-5,10-14,16H2,1-2H3/t19-/m1/s1. The monoisotopic (exact) mass is 435 g/mol. The van der Waals surface area contributed by atoms with Crippen LogP contribution in [0.3, 0.4) is 0 Å². The third-order valence-electron chi connectivity index (χ3n) is 6.49. The molecule has 7 heteroatoms. The highest BCUT2D eigenvalue weighted by atomic mass is 32.1. The molecule has 2 aromatic heterocycles. The molecule has 4 heterocycles. The summed E-state index contributed by atoms with van der Waals surface area (Å²) in [7, 11) is 0. The predicted octanol–water partition coefficient (Wildman–Crippen LogP) is 3.87. The Morgan fingerprint density at radius 3 is 2.71 bits per heavy atom. The molecule has 1 amide bonds. The molecule has 0 saturated carbocycles. The highest BCUT2D eigenvalue weighted by Crippen LogP contribution is 2.31. The Kier molecular flexibility index (Phi) is 5.52. The van der Waals surface area contributed by atoms with Crippen molar-refractivity contribution in [1.29, 1.82) is 0 Å². The van der Waals surface area contributed by atoms with E-state index in [1.54, 1.807) is 11.3 Å². The van der Waals surface area contributed by atoms with Crippen molar-refractivity contribution in [2.24, 2.45) is 5.92 Å². The van der Waals surface area contributed by atoms with Crippen molar-refractivity contribution in [3.63, 3.8) is 0 Å². The normalized spacial score (nSPS) is 19.8. The van der Waals surface area contributed by atoms with Crippen molar-refractivity contribution in [2.45, 2.75) is 26.7 Å². The number of aromatic nitrogens is 2. The van der Waals surface area contributed by atoms with E-state index >= 15 is 0 Å². The average Bonchev–Trinajstić information content (AvgIpc) is 3.25. The number of benzene rings is 1. The van der Waals surface area contributed by atoms with Gasteiger partial charge in [0.15, 0.2) is 5.13 Å². The predicted molar refractivity (Wildman–Crippen MR) is 127 cm³/mol. The number of thiazole rings is 1. The number of piperazine rings is 1. The molecule has 0 aliphatic carbocycles. The van der Waals surface area contributed by atoms with E-state index in [2.05, 4.69) is 51.7 Å². The summed E-state index contributed by atoms with van der Waals surface area (Å²) in [6.45, 7) is 9.42. The van der Waals surface area contributed by atoms with Gasteiger partial charge < -0.3 is 14.7 Å². The van der Waals surface area contributed by atoms with Crippen LogP contribution in [0.4, 0.5) is 10.8 Å². The first-order valence-electron chi connectivity index (χ1n) is 11.2. The van der Waals surface area contributed by atoms with E-state index in [1.807, 2.05) is 18.3 Å². The summed E-state index contributed by atoms with van der Waals surface area (Å²) in [5.74, 6) is 0.366. The van der Waals surface area contributed by atoms with Gasteiger partial charge in [0.05, 0.1) is 5.92 Å². The molecular weight excluding hydrogens is 406 g/mol. The van der Waals surface area contributed by atoms with Crippen LogP contribution >= 0.6 is 11.3 Å². The van der Waals surface area contributed by atoms with Gasteiger partial charge >= 0.3 is 0 Å². The van der Waals surface area contributed by atoms with Gasteiger partial charge in [-0.3, -0.25) is 4.79 Å². The van der Waals surface area contributed by atoms with E-state index in [1.165, 1.54) is 16.8 Å². The zero-order chi connectivity index (χ0) is 21.4. The maximum absolute atomic E-state index is 13.3. The molecule has 2 aliphatic rings. The SMILES string of the molecule is Cc1ccc(C)c(N2CCN(C(=O)[C@@H]3CCCN(c4nc5cccnc5s4)C3)CC2)c1. The molecule has 0 spiro atoms. The number of carbonyl (C=O) groups excluding carboxylic acids is 1. The number of aryl methyl sites for hydroxylation is 2. The van der Waals surface area contributed by atoms with Gasteiger partial charge in [-0.15, -0.1) is 0 Å². The van der Waals surface area contributed by atoms with Crippen molar-refractivity contribution < 1.29 is 4.79 Å². The zero-order valence-electron chi connectivity index (χ0n) is 18.3.